The van der Waals surface area contributed by atoms with Crippen molar-refractivity contribution in [1.29, 1.82) is 0 Å². The summed E-state index contributed by atoms with van der Waals surface area (Å²) < 4.78 is 40.3. The minimum Gasteiger partial charge on any atom is -0.418 e. The summed E-state index contributed by atoms with van der Waals surface area (Å²) in [6.07, 6.45) is 8.12. The molecule has 0 aliphatic rings. The maximum absolute atomic E-state index is 9.75. The van der Waals surface area contributed by atoms with Gasteiger partial charge in [0.2, 0.25) is 0 Å². The minimum atomic E-state index is -6.00. The van der Waals surface area contributed by atoms with Gasteiger partial charge in [-0.25, -0.2) is 0 Å². The van der Waals surface area contributed by atoms with Gasteiger partial charge >= 0.3 is 7.25 Å². The molecule has 0 aliphatic carbocycles. The van der Waals surface area contributed by atoms with Crippen molar-refractivity contribution < 1.29 is 17.3 Å². The highest BCUT2D eigenvalue weighted by Gasteiger charge is 2.20. The normalized spacial score (nSPS) is 10.8. The van der Waals surface area contributed by atoms with Crippen molar-refractivity contribution >= 4 is 29.8 Å². The van der Waals surface area contributed by atoms with Gasteiger partial charge in [-0.2, -0.15) is 0 Å². The van der Waals surface area contributed by atoms with Gasteiger partial charge in [0.15, 0.2) is 0 Å². The van der Waals surface area contributed by atoms with Crippen molar-refractivity contribution in [1.82, 2.24) is 0 Å². The molecule has 0 saturated heterocycles. The summed E-state index contributed by atoms with van der Waals surface area (Å²) in [6.45, 7) is 2.26. The molecule has 0 unspecified atom stereocenters. The third-order valence-electron chi connectivity index (χ3n) is 2.48. The number of aryl methyl sites for hydroxylation is 1. The summed E-state index contributed by atoms with van der Waals surface area (Å²) in [7, 11) is -6.00. The Labute approximate surface area is 126 Å². The maximum Gasteiger partial charge on any atom is 0.673 e. The summed E-state index contributed by atoms with van der Waals surface area (Å²) in [6, 6.07) is 8.90. The van der Waals surface area contributed by atoms with Crippen LogP contribution in [0.5, 0.6) is 0 Å². The van der Waals surface area contributed by atoms with Crippen LogP contribution in [0.2, 0.25) is 0 Å². The van der Waals surface area contributed by atoms with E-state index in [-0.39, 0.29) is 0 Å². The van der Waals surface area contributed by atoms with Gasteiger partial charge in [0, 0.05) is 3.57 Å². The average Bonchev–Trinajstić information content (AvgIpc) is 2.29. The smallest absolute Gasteiger partial charge is 0.418 e. The van der Waals surface area contributed by atoms with E-state index in [2.05, 4.69) is 53.8 Å². The molecule has 0 heterocycles. The van der Waals surface area contributed by atoms with E-state index in [0.717, 1.165) is 0 Å². The second kappa shape index (κ2) is 10.5. The molecule has 19 heavy (non-hydrogen) atoms. The number of hydrogen-bond acceptors (Lipinski definition) is 0. The fraction of sp³-hybridized carbons (Fsp3) is 0.538. The van der Waals surface area contributed by atoms with E-state index in [0.29, 0.717) is 0 Å². The maximum atomic E-state index is 9.75. The molecule has 6 heteroatoms. The lowest BCUT2D eigenvalue weighted by Gasteiger charge is -2.01. The first-order valence-corrected chi connectivity index (χ1v) is 7.52. The summed E-state index contributed by atoms with van der Waals surface area (Å²) in [5, 5.41) is 0. The van der Waals surface area contributed by atoms with E-state index < -0.39 is 7.25 Å². The van der Waals surface area contributed by atoms with Crippen molar-refractivity contribution in [2.45, 2.75) is 45.4 Å². The van der Waals surface area contributed by atoms with Crippen molar-refractivity contribution in [2.24, 2.45) is 0 Å². The van der Waals surface area contributed by atoms with Gasteiger partial charge in [0.1, 0.15) is 0 Å². The van der Waals surface area contributed by atoms with Gasteiger partial charge in [0.25, 0.3) is 0 Å². The van der Waals surface area contributed by atoms with Crippen molar-refractivity contribution in [2.75, 3.05) is 0 Å². The summed E-state index contributed by atoms with van der Waals surface area (Å²) in [5.41, 5.74) is 1.49. The van der Waals surface area contributed by atoms with Crippen molar-refractivity contribution in [3.05, 3.63) is 33.4 Å². The van der Waals surface area contributed by atoms with Crippen molar-refractivity contribution in [3.63, 3.8) is 0 Å². The Morgan fingerprint density at radius 2 is 1.37 bits per heavy atom. The van der Waals surface area contributed by atoms with Crippen LogP contribution in [-0.2, 0) is 6.42 Å². The zero-order chi connectivity index (χ0) is 14.7. The van der Waals surface area contributed by atoms with E-state index in [9.17, 15) is 17.3 Å². The van der Waals surface area contributed by atoms with Crippen LogP contribution in [0, 0.1) is 3.57 Å². The molecule has 0 N–H and O–H groups in total. The molecule has 110 valence electrons. The molecule has 0 aromatic heterocycles. The lowest BCUT2D eigenvalue weighted by Crippen LogP contribution is -2.02. The summed E-state index contributed by atoms with van der Waals surface area (Å²) in [4.78, 5) is 0. The largest absolute Gasteiger partial charge is 0.673 e. The number of benzene rings is 1. The minimum absolute atomic E-state index is 1.25. The standard InChI is InChI=1S/C13H19I.BF4/c1-2-3-4-5-6-7-12-8-10-13(14)11-9-12;2-1(3,4)5/h8-11H,2-7H2,1H3;/q;-1. The Balaban J connectivity index is 0.000000555. The Hall–Kier alpha value is -0.265. The zero-order valence-electron chi connectivity index (χ0n) is 11.0. The molecule has 0 spiro atoms. The van der Waals surface area contributed by atoms with Gasteiger partial charge in [-0.3, -0.25) is 0 Å². The highest BCUT2D eigenvalue weighted by Crippen LogP contribution is 2.11. The summed E-state index contributed by atoms with van der Waals surface area (Å²) in [5.74, 6) is 0. The topological polar surface area (TPSA) is 0 Å². The summed E-state index contributed by atoms with van der Waals surface area (Å²) >= 11 is 2.35. The second-order valence-electron chi connectivity index (χ2n) is 4.29. The van der Waals surface area contributed by atoms with Gasteiger partial charge < -0.3 is 17.3 Å². The zero-order valence-corrected chi connectivity index (χ0v) is 13.2. The predicted octanol–water partition coefficient (Wildman–Crippen LogP) is 6.10. The average molecular weight is 389 g/mol. The molecule has 1 aromatic rings. The first kappa shape index (κ1) is 18.7. The highest BCUT2D eigenvalue weighted by molar-refractivity contribution is 14.1. The fourth-order valence-corrected chi connectivity index (χ4v) is 1.94. The first-order valence-electron chi connectivity index (χ1n) is 6.44. The van der Waals surface area contributed by atoms with Crippen LogP contribution in [0.3, 0.4) is 0 Å². The van der Waals surface area contributed by atoms with Crippen molar-refractivity contribution in [3.8, 4) is 0 Å². The molecule has 0 amide bonds. The lowest BCUT2D eigenvalue weighted by molar-refractivity contribution is 0.368. The van der Waals surface area contributed by atoms with E-state index in [4.69, 9.17) is 0 Å². The molecule has 0 saturated carbocycles. The monoisotopic (exact) mass is 389 g/mol. The Morgan fingerprint density at radius 3 is 1.84 bits per heavy atom. The quantitative estimate of drug-likeness (QED) is 0.239. The van der Waals surface area contributed by atoms with Crippen LogP contribution >= 0.6 is 22.6 Å². The van der Waals surface area contributed by atoms with Crippen LogP contribution in [0.25, 0.3) is 0 Å². The number of hydrogen-bond donors (Lipinski definition) is 0. The third-order valence-corrected chi connectivity index (χ3v) is 3.20. The van der Waals surface area contributed by atoms with Crippen LogP contribution < -0.4 is 0 Å². The molecular weight excluding hydrogens is 370 g/mol. The van der Waals surface area contributed by atoms with E-state index in [1.54, 1.807) is 0 Å². The SMILES string of the molecule is CCCCCCCc1ccc(I)cc1.F[B-](F)(F)F. The number of halogens is 5. The Morgan fingerprint density at radius 1 is 0.895 bits per heavy atom. The van der Waals surface area contributed by atoms with E-state index in [1.807, 2.05) is 0 Å². The lowest BCUT2D eigenvalue weighted by atomic mass is 10.1. The molecule has 0 atom stereocenters. The van der Waals surface area contributed by atoms with Gasteiger partial charge in [-0.1, -0.05) is 44.7 Å². The molecule has 0 aliphatic heterocycles. The van der Waals surface area contributed by atoms with Gasteiger partial charge in [-0.15, -0.1) is 0 Å². The van der Waals surface area contributed by atoms with E-state index in [1.165, 1.54) is 47.7 Å². The molecule has 1 aromatic carbocycles. The van der Waals surface area contributed by atoms with Crippen LogP contribution in [0.4, 0.5) is 17.3 Å². The van der Waals surface area contributed by atoms with Gasteiger partial charge in [0.05, 0.1) is 0 Å². The Kier molecular flexibility index (Phi) is 10.4. The molecule has 0 nitrogen and oxygen atoms in total. The number of unbranched alkanes of at least 4 members (excludes halogenated alkanes) is 4. The molecule has 1 rings (SSSR count). The first-order chi connectivity index (χ1) is 8.83. The third kappa shape index (κ3) is 15.7. The Bertz CT molecular complexity index is 318. The van der Waals surface area contributed by atoms with E-state index >= 15 is 0 Å². The molecule has 0 fully saturated rings. The predicted molar refractivity (Wildman–Crippen MR) is 81.8 cm³/mol. The second-order valence-corrected chi connectivity index (χ2v) is 5.53. The number of rotatable bonds is 6. The molecular formula is C13H19BF4I-. The molecule has 0 bridgehead atoms. The molecule has 0 radical (unpaired) electrons. The van der Waals surface area contributed by atoms with Crippen LogP contribution in [0.15, 0.2) is 24.3 Å². The van der Waals surface area contributed by atoms with Gasteiger partial charge in [-0.05, 0) is 53.1 Å². The van der Waals surface area contributed by atoms with Crippen LogP contribution in [-0.4, -0.2) is 7.25 Å². The van der Waals surface area contributed by atoms with Crippen LogP contribution in [0.1, 0.15) is 44.6 Å². The highest BCUT2D eigenvalue weighted by atomic mass is 127. The fourth-order valence-electron chi connectivity index (χ4n) is 1.58.